The van der Waals surface area contributed by atoms with Crippen LogP contribution in [0.3, 0.4) is 0 Å². The van der Waals surface area contributed by atoms with Gasteiger partial charge in [-0.05, 0) is 31.6 Å². The van der Waals surface area contributed by atoms with Gasteiger partial charge in [-0.2, -0.15) is 0 Å². The minimum Gasteiger partial charge on any atom is -0.393 e. The fraction of sp³-hybridized carbons (Fsp3) is 0.917. The minimum absolute atomic E-state index is 0.0142. The molecule has 1 N–H and O–H groups in total. The molecule has 0 saturated heterocycles. The molecule has 84 valence electrons. The Balaban J connectivity index is 3.94. The molecule has 0 bridgehead atoms. The molecule has 14 heavy (non-hydrogen) atoms. The normalized spacial score (nSPS) is 17.9. The maximum atomic E-state index is 11.0. The summed E-state index contributed by atoms with van der Waals surface area (Å²) in [6.07, 6.45) is 1.28. The molecule has 0 aromatic carbocycles. The van der Waals surface area contributed by atoms with Crippen molar-refractivity contribution in [3.05, 3.63) is 0 Å². The number of aliphatic hydroxyl groups excluding tert-OH is 1. The molecule has 0 unspecified atom stereocenters. The van der Waals surface area contributed by atoms with Crippen LogP contribution in [0.2, 0.25) is 0 Å². The van der Waals surface area contributed by atoms with Crippen LogP contribution in [0.15, 0.2) is 0 Å². The van der Waals surface area contributed by atoms with E-state index in [-0.39, 0.29) is 23.7 Å². The largest absolute Gasteiger partial charge is 0.393 e. The lowest BCUT2D eigenvalue weighted by Gasteiger charge is -2.22. The monoisotopic (exact) mass is 200 g/mol. The molecule has 0 spiro atoms. The molecule has 0 aliphatic carbocycles. The van der Waals surface area contributed by atoms with Crippen LogP contribution < -0.4 is 0 Å². The Morgan fingerprint density at radius 2 is 1.64 bits per heavy atom. The molecule has 0 aromatic rings. The zero-order valence-electron chi connectivity index (χ0n) is 10.1. The van der Waals surface area contributed by atoms with E-state index < -0.39 is 0 Å². The predicted molar refractivity (Wildman–Crippen MR) is 59.1 cm³/mol. The maximum absolute atomic E-state index is 11.0. The summed E-state index contributed by atoms with van der Waals surface area (Å²) in [5.41, 5.74) is 0. The Bertz CT molecular complexity index is 175. The summed E-state index contributed by atoms with van der Waals surface area (Å²) in [6, 6.07) is 0. The summed E-state index contributed by atoms with van der Waals surface area (Å²) in [5.74, 6) is 1.05. The van der Waals surface area contributed by atoms with Crippen LogP contribution in [-0.4, -0.2) is 17.0 Å². The van der Waals surface area contributed by atoms with Crippen molar-refractivity contribution in [2.45, 2.75) is 53.6 Å². The van der Waals surface area contributed by atoms with Crippen molar-refractivity contribution in [3.63, 3.8) is 0 Å². The van der Waals surface area contributed by atoms with Gasteiger partial charge < -0.3 is 5.11 Å². The van der Waals surface area contributed by atoms with Gasteiger partial charge in [-0.3, -0.25) is 4.79 Å². The molecule has 2 nitrogen and oxygen atoms in total. The van der Waals surface area contributed by atoms with Gasteiger partial charge in [0.2, 0.25) is 0 Å². The second kappa shape index (κ2) is 6.18. The standard InChI is InChI=1S/C12H24O2/c1-8(2)6-10(4)12(14)7-9(3)11(5)13/h8-10,12,14H,6-7H2,1-5H3/t9-,10+,12+/m1/s1. The van der Waals surface area contributed by atoms with Gasteiger partial charge in [0.25, 0.3) is 0 Å². The molecule has 0 aliphatic heterocycles. The highest BCUT2D eigenvalue weighted by atomic mass is 16.3. The van der Waals surface area contributed by atoms with Gasteiger partial charge in [0.1, 0.15) is 5.78 Å². The van der Waals surface area contributed by atoms with Crippen LogP contribution in [0.1, 0.15) is 47.5 Å². The van der Waals surface area contributed by atoms with E-state index in [9.17, 15) is 9.90 Å². The van der Waals surface area contributed by atoms with Gasteiger partial charge in [0.15, 0.2) is 0 Å². The number of Topliss-reactive ketones (excluding diaryl/α,β-unsaturated/α-hetero) is 1. The van der Waals surface area contributed by atoms with E-state index in [0.29, 0.717) is 12.3 Å². The molecule has 0 aromatic heterocycles. The Labute approximate surface area is 87.7 Å². The van der Waals surface area contributed by atoms with Crippen LogP contribution in [0, 0.1) is 17.8 Å². The third-order valence-electron chi connectivity index (χ3n) is 2.79. The van der Waals surface area contributed by atoms with E-state index in [2.05, 4.69) is 20.8 Å². The second-order valence-corrected chi connectivity index (χ2v) is 4.92. The third kappa shape index (κ3) is 5.38. The maximum Gasteiger partial charge on any atom is 0.132 e. The van der Waals surface area contributed by atoms with Crippen molar-refractivity contribution >= 4 is 5.78 Å². The summed E-state index contributed by atoms with van der Waals surface area (Å²) < 4.78 is 0. The van der Waals surface area contributed by atoms with Crippen molar-refractivity contribution < 1.29 is 9.90 Å². The van der Waals surface area contributed by atoms with Crippen molar-refractivity contribution in [2.24, 2.45) is 17.8 Å². The fourth-order valence-electron chi connectivity index (χ4n) is 1.66. The molecular formula is C12H24O2. The Morgan fingerprint density at radius 3 is 2.00 bits per heavy atom. The fourth-order valence-corrected chi connectivity index (χ4v) is 1.66. The molecule has 0 aliphatic rings. The molecule has 0 amide bonds. The average molecular weight is 200 g/mol. The zero-order valence-corrected chi connectivity index (χ0v) is 10.1. The van der Waals surface area contributed by atoms with Gasteiger partial charge in [-0.25, -0.2) is 0 Å². The highest BCUT2D eigenvalue weighted by Gasteiger charge is 2.20. The van der Waals surface area contributed by atoms with E-state index in [1.807, 2.05) is 6.92 Å². The Kier molecular flexibility index (Phi) is 6.01. The van der Waals surface area contributed by atoms with Crippen molar-refractivity contribution in [3.8, 4) is 0 Å². The number of rotatable bonds is 6. The number of carbonyl (C=O) groups excluding carboxylic acids is 1. The number of hydrogen-bond donors (Lipinski definition) is 1. The van der Waals surface area contributed by atoms with Crippen LogP contribution in [0.4, 0.5) is 0 Å². The quantitative estimate of drug-likeness (QED) is 0.715. The zero-order chi connectivity index (χ0) is 11.3. The summed E-state index contributed by atoms with van der Waals surface area (Å²) in [7, 11) is 0. The van der Waals surface area contributed by atoms with E-state index in [1.165, 1.54) is 0 Å². The average Bonchev–Trinajstić information content (AvgIpc) is 2.02. The first-order chi connectivity index (χ1) is 6.34. The third-order valence-corrected chi connectivity index (χ3v) is 2.79. The predicted octanol–water partition coefficient (Wildman–Crippen LogP) is 2.64. The molecule has 0 fully saturated rings. The van der Waals surface area contributed by atoms with Crippen LogP contribution in [0.5, 0.6) is 0 Å². The molecular weight excluding hydrogens is 176 g/mol. The van der Waals surface area contributed by atoms with Crippen molar-refractivity contribution in [1.82, 2.24) is 0 Å². The number of ketones is 1. The second-order valence-electron chi connectivity index (χ2n) is 4.92. The lowest BCUT2D eigenvalue weighted by Crippen LogP contribution is -2.24. The van der Waals surface area contributed by atoms with Gasteiger partial charge in [0, 0.05) is 5.92 Å². The highest BCUT2D eigenvalue weighted by Crippen LogP contribution is 2.20. The van der Waals surface area contributed by atoms with Gasteiger partial charge in [0.05, 0.1) is 6.10 Å². The minimum atomic E-state index is -0.337. The van der Waals surface area contributed by atoms with E-state index >= 15 is 0 Å². The van der Waals surface area contributed by atoms with E-state index in [1.54, 1.807) is 6.92 Å². The molecule has 0 rings (SSSR count). The SMILES string of the molecule is CC(=O)[C@H](C)C[C@H](O)[C@@H](C)CC(C)C. The summed E-state index contributed by atoms with van der Waals surface area (Å²) in [5, 5.41) is 9.83. The van der Waals surface area contributed by atoms with Crippen molar-refractivity contribution in [1.29, 1.82) is 0 Å². The van der Waals surface area contributed by atoms with E-state index in [0.717, 1.165) is 6.42 Å². The van der Waals surface area contributed by atoms with Gasteiger partial charge in [-0.15, -0.1) is 0 Å². The lowest BCUT2D eigenvalue weighted by molar-refractivity contribution is -0.121. The number of hydrogen-bond acceptors (Lipinski definition) is 2. The molecule has 0 radical (unpaired) electrons. The highest BCUT2D eigenvalue weighted by molar-refractivity contribution is 5.77. The first kappa shape index (κ1) is 13.6. The topological polar surface area (TPSA) is 37.3 Å². The molecule has 3 atom stereocenters. The van der Waals surface area contributed by atoms with Crippen molar-refractivity contribution in [2.75, 3.05) is 0 Å². The summed E-state index contributed by atoms with van der Waals surface area (Å²) in [6.45, 7) is 9.82. The summed E-state index contributed by atoms with van der Waals surface area (Å²) >= 11 is 0. The Hall–Kier alpha value is -0.370. The number of aliphatic hydroxyl groups is 1. The summed E-state index contributed by atoms with van der Waals surface area (Å²) in [4.78, 5) is 11.0. The smallest absolute Gasteiger partial charge is 0.132 e. The first-order valence-electron chi connectivity index (χ1n) is 5.53. The van der Waals surface area contributed by atoms with E-state index in [4.69, 9.17) is 0 Å². The Morgan fingerprint density at radius 1 is 1.14 bits per heavy atom. The van der Waals surface area contributed by atoms with Gasteiger partial charge in [-0.1, -0.05) is 27.7 Å². The lowest BCUT2D eigenvalue weighted by atomic mass is 9.88. The van der Waals surface area contributed by atoms with Crippen LogP contribution in [-0.2, 0) is 4.79 Å². The van der Waals surface area contributed by atoms with Gasteiger partial charge >= 0.3 is 0 Å². The molecule has 2 heteroatoms. The molecule has 0 saturated carbocycles. The number of carbonyl (C=O) groups is 1. The van der Waals surface area contributed by atoms with Crippen LogP contribution in [0.25, 0.3) is 0 Å². The molecule has 0 heterocycles. The van der Waals surface area contributed by atoms with Crippen LogP contribution >= 0.6 is 0 Å². The first-order valence-corrected chi connectivity index (χ1v) is 5.53.